The van der Waals surface area contributed by atoms with Gasteiger partial charge in [-0.2, -0.15) is 0 Å². The number of carbonyl (C=O) groups is 1. The van der Waals surface area contributed by atoms with Crippen LogP contribution in [0.3, 0.4) is 0 Å². The van der Waals surface area contributed by atoms with Crippen molar-refractivity contribution in [2.75, 3.05) is 6.61 Å². The molecule has 0 saturated carbocycles. The summed E-state index contributed by atoms with van der Waals surface area (Å²) in [6.07, 6.45) is 76.0. The fourth-order valence-electron chi connectivity index (χ4n) is 6.48. The van der Waals surface area contributed by atoms with Crippen molar-refractivity contribution in [3.8, 4) is 0 Å². The van der Waals surface area contributed by atoms with Gasteiger partial charge in [0, 0.05) is 6.42 Å². The van der Waals surface area contributed by atoms with Crippen molar-refractivity contribution in [2.45, 2.75) is 212 Å². The van der Waals surface area contributed by atoms with Crippen LogP contribution in [0, 0.1) is 0 Å². The second kappa shape index (κ2) is 49.2. The van der Waals surface area contributed by atoms with Crippen molar-refractivity contribution in [2.24, 2.45) is 0 Å². The topological polar surface area (TPSA) is 69.6 Å². The lowest BCUT2D eigenvalue weighted by Crippen LogP contribution is -2.45. The molecule has 2 unspecified atom stereocenters. The molecule has 0 bridgehead atoms. The zero-order valence-corrected chi connectivity index (χ0v) is 38.2. The zero-order valence-electron chi connectivity index (χ0n) is 38.2. The minimum Gasteiger partial charge on any atom is -0.394 e. The summed E-state index contributed by atoms with van der Waals surface area (Å²) in [5.74, 6) is -0.0909. The summed E-state index contributed by atoms with van der Waals surface area (Å²) in [5, 5.41) is 23.0. The lowest BCUT2D eigenvalue weighted by Gasteiger charge is -2.19. The minimum absolute atomic E-state index is 0.0909. The summed E-state index contributed by atoms with van der Waals surface area (Å²) in [6.45, 7) is 4.15. The van der Waals surface area contributed by atoms with Gasteiger partial charge in [-0.05, 0) is 103 Å². The Morgan fingerprint density at radius 1 is 0.424 bits per heavy atom. The molecule has 2 atom stereocenters. The lowest BCUT2D eigenvalue weighted by molar-refractivity contribution is -0.123. The Morgan fingerprint density at radius 3 is 1.19 bits per heavy atom. The molecule has 0 aromatic carbocycles. The number of aliphatic hydroxyl groups excluding tert-OH is 2. The molecule has 0 heterocycles. The smallest absolute Gasteiger partial charge is 0.220 e. The molecular formula is C55H91NO3. The number of aliphatic hydroxyl groups is 2. The van der Waals surface area contributed by atoms with Gasteiger partial charge in [0.25, 0.3) is 0 Å². The fourth-order valence-corrected chi connectivity index (χ4v) is 6.48. The molecular weight excluding hydrogens is 723 g/mol. The van der Waals surface area contributed by atoms with E-state index in [1.807, 2.05) is 6.08 Å². The molecule has 0 radical (unpaired) electrons. The lowest BCUT2D eigenvalue weighted by atomic mass is 10.1. The predicted molar refractivity (Wildman–Crippen MR) is 262 cm³/mol. The molecule has 59 heavy (non-hydrogen) atoms. The van der Waals surface area contributed by atoms with Gasteiger partial charge in [0.1, 0.15) is 0 Å². The van der Waals surface area contributed by atoms with E-state index < -0.39 is 12.1 Å². The van der Waals surface area contributed by atoms with E-state index >= 15 is 0 Å². The third kappa shape index (κ3) is 45.7. The molecule has 1 amide bonds. The predicted octanol–water partition coefficient (Wildman–Crippen LogP) is 15.7. The summed E-state index contributed by atoms with van der Waals surface area (Å²) < 4.78 is 0. The SMILES string of the molecule is CC/C=C\C/C=C\C/C=C\C/C=C\C/C=C\C/C=C\C/C=C\CCCCCCCCCCCC(=O)NC(CO)C(O)/C=C/CC/C=C/CC/C=C/CCCCCCCC. The summed E-state index contributed by atoms with van der Waals surface area (Å²) in [5.41, 5.74) is 0. The standard InChI is InChI=1S/C55H91NO3/c1-3-5-7-9-11-13-15-17-19-21-22-23-24-25-26-27-28-29-30-31-32-33-34-35-37-39-41-43-45-47-49-51-55(59)56-53(52-57)54(58)50-48-46-44-42-40-38-36-20-18-16-14-12-10-8-6-4-2/h5,7,11,13,17-20,22-23,25-26,28-29,31-32,40,42,48,50,53-54,57-58H,3-4,6,8-10,12,14-16,21,24,27,30,33-39,41,43-47,49,51-52H2,1-2H3,(H,56,59)/b7-5-,13-11-,19-17-,20-18+,23-22-,26-25-,29-28-,32-31-,42-40+,50-48+. The molecule has 0 rings (SSSR count). The van der Waals surface area contributed by atoms with Crippen LogP contribution in [-0.2, 0) is 4.79 Å². The molecule has 0 saturated heterocycles. The highest BCUT2D eigenvalue weighted by Crippen LogP contribution is 2.12. The van der Waals surface area contributed by atoms with E-state index in [1.54, 1.807) is 6.08 Å². The number of hydrogen-bond acceptors (Lipinski definition) is 3. The summed E-state index contributed by atoms with van der Waals surface area (Å²) in [6, 6.07) is -0.657. The van der Waals surface area contributed by atoms with Gasteiger partial charge in [-0.1, -0.05) is 212 Å². The molecule has 3 N–H and O–H groups in total. The Kier molecular flexibility index (Phi) is 46.5. The van der Waals surface area contributed by atoms with Gasteiger partial charge < -0.3 is 15.5 Å². The number of rotatable bonds is 42. The fraction of sp³-hybridized carbons (Fsp3) is 0.618. The van der Waals surface area contributed by atoms with Gasteiger partial charge in [0.2, 0.25) is 5.91 Å². The highest BCUT2D eigenvalue weighted by atomic mass is 16.3. The average Bonchev–Trinajstić information content (AvgIpc) is 3.24. The van der Waals surface area contributed by atoms with Gasteiger partial charge in [-0.25, -0.2) is 0 Å². The number of nitrogens with one attached hydrogen (secondary N) is 1. The molecule has 0 aliphatic rings. The highest BCUT2D eigenvalue weighted by Gasteiger charge is 2.17. The third-order valence-corrected chi connectivity index (χ3v) is 10.2. The van der Waals surface area contributed by atoms with Gasteiger partial charge in [-0.15, -0.1) is 0 Å². The minimum atomic E-state index is -0.880. The maximum absolute atomic E-state index is 12.4. The van der Waals surface area contributed by atoms with Crippen LogP contribution in [-0.4, -0.2) is 34.9 Å². The summed E-state index contributed by atoms with van der Waals surface area (Å²) in [7, 11) is 0. The van der Waals surface area contributed by atoms with Gasteiger partial charge in [-0.3, -0.25) is 4.79 Å². The van der Waals surface area contributed by atoms with E-state index in [1.165, 1.54) is 89.9 Å². The first-order valence-corrected chi connectivity index (χ1v) is 24.2. The van der Waals surface area contributed by atoms with Crippen molar-refractivity contribution in [3.63, 3.8) is 0 Å². The molecule has 0 spiro atoms. The largest absolute Gasteiger partial charge is 0.394 e. The number of unbranched alkanes of at least 4 members (excludes halogenated alkanes) is 17. The van der Waals surface area contributed by atoms with Crippen molar-refractivity contribution in [1.82, 2.24) is 5.32 Å². The number of amides is 1. The Bertz CT molecular complexity index is 1200. The van der Waals surface area contributed by atoms with Crippen molar-refractivity contribution in [3.05, 3.63) is 122 Å². The van der Waals surface area contributed by atoms with Crippen LogP contribution >= 0.6 is 0 Å². The molecule has 334 valence electrons. The zero-order chi connectivity index (χ0) is 42.8. The average molecular weight is 814 g/mol. The highest BCUT2D eigenvalue weighted by molar-refractivity contribution is 5.76. The molecule has 0 aliphatic heterocycles. The second-order valence-electron chi connectivity index (χ2n) is 15.8. The Morgan fingerprint density at radius 2 is 0.763 bits per heavy atom. The van der Waals surface area contributed by atoms with Crippen LogP contribution in [0.5, 0.6) is 0 Å². The number of carbonyl (C=O) groups excluding carboxylic acids is 1. The normalized spacial score (nSPS) is 14.0. The van der Waals surface area contributed by atoms with Gasteiger partial charge in [0.15, 0.2) is 0 Å². The first-order chi connectivity index (χ1) is 29.2. The molecule has 0 aromatic heterocycles. The maximum Gasteiger partial charge on any atom is 0.220 e. The quantitative estimate of drug-likeness (QED) is 0.0425. The van der Waals surface area contributed by atoms with Crippen LogP contribution in [0.25, 0.3) is 0 Å². The summed E-state index contributed by atoms with van der Waals surface area (Å²) >= 11 is 0. The van der Waals surface area contributed by atoms with E-state index in [-0.39, 0.29) is 12.5 Å². The third-order valence-electron chi connectivity index (χ3n) is 10.2. The van der Waals surface area contributed by atoms with Crippen LogP contribution < -0.4 is 5.32 Å². The van der Waals surface area contributed by atoms with Gasteiger partial charge >= 0.3 is 0 Å². The molecule has 4 nitrogen and oxygen atoms in total. The second-order valence-corrected chi connectivity index (χ2v) is 15.8. The van der Waals surface area contributed by atoms with Crippen molar-refractivity contribution >= 4 is 5.91 Å². The van der Waals surface area contributed by atoms with E-state index in [2.05, 4.69) is 129 Å². The molecule has 0 fully saturated rings. The Labute approximate surface area is 365 Å². The molecule has 4 heteroatoms. The first kappa shape index (κ1) is 55.8. The number of allylic oxidation sites excluding steroid dienone is 19. The Hall–Kier alpha value is -3.21. The monoisotopic (exact) mass is 814 g/mol. The van der Waals surface area contributed by atoms with Crippen molar-refractivity contribution < 1.29 is 15.0 Å². The maximum atomic E-state index is 12.4. The van der Waals surface area contributed by atoms with E-state index in [0.717, 1.165) is 89.9 Å². The first-order valence-electron chi connectivity index (χ1n) is 24.2. The van der Waals surface area contributed by atoms with Crippen molar-refractivity contribution in [1.29, 1.82) is 0 Å². The van der Waals surface area contributed by atoms with Crippen LogP contribution in [0.1, 0.15) is 200 Å². The van der Waals surface area contributed by atoms with E-state index in [4.69, 9.17) is 0 Å². The van der Waals surface area contributed by atoms with Crippen LogP contribution in [0.15, 0.2) is 122 Å². The Balaban J connectivity index is 3.67. The van der Waals surface area contributed by atoms with Gasteiger partial charge in [0.05, 0.1) is 18.8 Å². The van der Waals surface area contributed by atoms with Crippen LogP contribution in [0.2, 0.25) is 0 Å². The van der Waals surface area contributed by atoms with E-state index in [9.17, 15) is 15.0 Å². The molecule has 0 aliphatic carbocycles. The van der Waals surface area contributed by atoms with E-state index in [0.29, 0.717) is 6.42 Å². The number of hydrogen-bond donors (Lipinski definition) is 3. The molecule has 0 aromatic rings. The summed E-state index contributed by atoms with van der Waals surface area (Å²) in [4.78, 5) is 12.4. The van der Waals surface area contributed by atoms with Crippen LogP contribution in [0.4, 0.5) is 0 Å².